The van der Waals surface area contributed by atoms with Gasteiger partial charge in [-0.15, -0.1) is 0 Å². The number of hydrogen-bond acceptors (Lipinski definition) is 4. The van der Waals surface area contributed by atoms with Crippen LogP contribution >= 0.6 is 0 Å². The van der Waals surface area contributed by atoms with Crippen LogP contribution in [0.2, 0.25) is 0 Å². The normalized spacial score (nSPS) is 20.8. The molecule has 0 spiro atoms. The second-order valence-electron chi connectivity index (χ2n) is 7.28. The van der Waals surface area contributed by atoms with Gasteiger partial charge in [0.1, 0.15) is 0 Å². The number of anilines is 1. The predicted octanol–water partition coefficient (Wildman–Crippen LogP) is 1.57. The number of carbonyl (C=O) groups excluding carboxylic acids is 2. The van der Waals surface area contributed by atoms with Crippen molar-refractivity contribution in [3.8, 4) is 0 Å². The first-order chi connectivity index (χ1) is 14.0. The highest BCUT2D eigenvalue weighted by Crippen LogP contribution is 2.27. The Kier molecular flexibility index (Phi) is 5.38. The molecule has 2 aromatic rings. The van der Waals surface area contributed by atoms with Crippen molar-refractivity contribution in [2.75, 3.05) is 37.6 Å². The maximum atomic E-state index is 12.9. The largest absolute Gasteiger partial charge is 0.340 e. The number of benzene rings is 2. The molecular weight excluding hydrogens is 390 g/mol. The summed E-state index contributed by atoms with van der Waals surface area (Å²) in [5.74, 6) is -0.520. The average Bonchev–Trinajstić information content (AvgIpc) is 3.16. The van der Waals surface area contributed by atoms with Crippen molar-refractivity contribution >= 4 is 27.5 Å². The van der Waals surface area contributed by atoms with Gasteiger partial charge < -0.3 is 9.80 Å². The van der Waals surface area contributed by atoms with Crippen molar-refractivity contribution in [1.29, 1.82) is 0 Å². The summed E-state index contributed by atoms with van der Waals surface area (Å²) < 4.78 is 26.9. The molecule has 152 valence electrons. The number of amides is 2. The summed E-state index contributed by atoms with van der Waals surface area (Å²) in [4.78, 5) is 28.9. The van der Waals surface area contributed by atoms with E-state index >= 15 is 0 Å². The van der Waals surface area contributed by atoms with E-state index in [-0.39, 0.29) is 42.1 Å². The van der Waals surface area contributed by atoms with E-state index in [1.54, 1.807) is 40.1 Å². The lowest BCUT2D eigenvalue weighted by molar-refractivity contribution is -0.136. The molecule has 2 heterocycles. The van der Waals surface area contributed by atoms with E-state index in [9.17, 15) is 18.0 Å². The van der Waals surface area contributed by atoms with Crippen LogP contribution < -0.4 is 4.90 Å². The van der Waals surface area contributed by atoms with E-state index in [2.05, 4.69) is 0 Å². The number of sulfonamides is 1. The standard InChI is InChI=1S/C21H23N3O4S/c25-20-15-17(16-24(20)18-7-3-1-4-8-18)21(26)22-11-13-23(14-12-22)29(27,28)19-9-5-2-6-10-19/h1-10,17H,11-16H2. The van der Waals surface area contributed by atoms with Crippen LogP contribution in [0.1, 0.15) is 6.42 Å². The minimum atomic E-state index is -3.55. The summed E-state index contributed by atoms with van der Waals surface area (Å²) >= 11 is 0. The van der Waals surface area contributed by atoms with E-state index in [4.69, 9.17) is 0 Å². The Balaban J connectivity index is 1.38. The molecule has 4 rings (SSSR count). The molecule has 1 atom stereocenters. The van der Waals surface area contributed by atoms with Crippen LogP contribution in [0.5, 0.6) is 0 Å². The monoisotopic (exact) mass is 413 g/mol. The molecule has 2 aliphatic rings. The van der Waals surface area contributed by atoms with E-state index in [0.29, 0.717) is 19.6 Å². The maximum Gasteiger partial charge on any atom is 0.243 e. The molecule has 8 heteroatoms. The van der Waals surface area contributed by atoms with Crippen molar-refractivity contribution in [2.24, 2.45) is 5.92 Å². The van der Waals surface area contributed by atoms with Crippen molar-refractivity contribution in [1.82, 2.24) is 9.21 Å². The van der Waals surface area contributed by atoms with Gasteiger partial charge >= 0.3 is 0 Å². The zero-order valence-electron chi connectivity index (χ0n) is 16.0. The van der Waals surface area contributed by atoms with Gasteiger partial charge in [-0.1, -0.05) is 36.4 Å². The first-order valence-electron chi connectivity index (χ1n) is 9.66. The number of hydrogen-bond donors (Lipinski definition) is 0. The summed E-state index contributed by atoms with van der Waals surface area (Å²) in [6, 6.07) is 17.7. The lowest BCUT2D eigenvalue weighted by Gasteiger charge is -2.35. The smallest absolute Gasteiger partial charge is 0.243 e. The highest BCUT2D eigenvalue weighted by atomic mass is 32.2. The zero-order valence-corrected chi connectivity index (χ0v) is 16.8. The topological polar surface area (TPSA) is 78.0 Å². The molecular formula is C21H23N3O4S. The summed E-state index contributed by atoms with van der Waals surface area (Å²) in [7, 11) is -3.55. The zero-order chi connectivity index (χ0) is 20.4. The Morgan fingerprint density at radius 2 is 1.45 bits per heavy atom. The van der Waals surface area contributed by atoms with E-state index in [1.807, 2.05) is 30.3 Å². The first kappa shape index (κ1) is 19.6. The van der Waals surface area contributed by atoms with Gasteiger partial charge in [0.15, 0.2) is 0 Å². The number of nitrogens with zero attached hydrogens (tertiary/aromatic N) is 3. The highest BCUT2D eigenvalue weighted by molar-refractivity contribution is 7.89. The van der Waals surface area contributed by atoms with Crippen molar-refractivity contribution in [3.63, 3.8) is 0 Å². The molecule has 0 aliphatic carbocycles. The van der Waals surface area contributed by atoms with Gasteiger partial charge in [-0.3, -0.25) is 9.59 Å². The fourth-order valence-corrected chi connectivity index (χ4v) is 5.32. The van der Waals surface area contributed by atoms with Crippen LogP contribution in [0.15, 0.2) is 65.6 Å². The number of carbonyl (C=O) groups is 2. The minimum Gasteiger partial charge on any atom is -0.340 e. The van der Waals surface area contributed by atoms with Gasteiger partial charge in [0.2, 0.25) is 21.8 Å². The molecule has 0 saturated carbocycles. The van der Waals surface area contributed by atoms with Gasteiger partial charge in [-0.05, 0) is 24.3 Å². The number of para-hydroxylation sites is 1. The Labute approximate surface area is 170 Å². The lowest BCUT2D eigenvalue weighted by atomic mass is 10.1. The molecule has 0 N–H and O–H groups in total. The molecule has 0 aromatic heterocycles. The highest BCUT2D eigenvalue weighted by Gasteiger charge is 2.39. The van der Waals surface area contributed by atoms with Crippen LogP contribution in [0.3, 0.4) is 0 Å². The van der Waals surface area contributed by atoms with Crippen molar-refractivity contribution in [2.45, 2.75) is 11.3 Å². The van der Waals surface area contributed by atoms with Gasteiger partial charge in [0.05, 0.1) is 10.8 Å². The fraction of sp³-hybridized carbons (Fsp3) is 0.333. The number of rotatable bonds is 4. The van der Waals surface area contributed by atoms with Crippen LogP contribution in [0.4, 0.5) is 5.69 Å². The van der Waals surface area contributed by atoms with Crippen molar-refractivity contribution < 1.29 is 18.0 Å². The SMILES string of the molecule is O=C(C1CC(=O)N(c2ccccc2)C1)N1CCN(S(=O)(=O)c2ccccc2)CC1. The third kappa shape index (κ3) is 3.90. The minimum absolute atomic E-state index is 0.0557. The molecule has 2 fully saturated rings. The van der Waals surface area contributed by atoms with Gasteiger partial charge in [-0.25, -0.2) is 8.42 Å². The average molecular weight is 413 g/mol. The summed E-state index contributed by atoms with van der Waals surface area (Å²) in [6.07, 6.45) is 0.191. The fourth-order valence-electron chi connectivity index (χ4n) is 3.88. The van der Waals surface area contributed by atoms with Crippen LogP contribution in [-0.4, -0.2) is 62.2 Å². The third-order valence-corrected chi connectivity index (χ3v) is 7.39. The molecule has 2 aliphatic heterocycles. The van der Waals surface area contributed by atoms with Crippen LogP contribution in [-0.2, 0) is 19.6 Å². The quantitative estimate of drug-likeness (QED) is 0.762. The molecule has 7 nitrogen and oxygen atoms in total. The summed E-state index contributed by atoms with van der Waals surface area (Å²) in [6.45, 7) is 1.55. The molecule has 2 saturated heterocycles. The summed E-state index contributed by atoms with van der Waals surface area (Å²) in [5.41, 5.74) is 0.798. The predicted molar refractivity (Wildman–Crippen MR) is 109 cm³/mol. The van der Waals surface area contributed by atoms with Gasteiger partial charge in [-0.2, -0.15) is 4.31 Å². The van der Waals surface area contributed by atoms with Crippen LogP contribution in [0, 0.1) is 5.92 Å². The lowest BCUT2D eigenvalue weighted by Crippen LogP contribution is -2.52. The Hall–Kier alpha value is -2.71. The second-order valence-corrected chi connectivity index (χ2v) is 9.22. The van der Waals surface area contributed by atoms with E-state index in [1.165, 1.54) is 4.31 Å². The Morgan fingerprint density at radius 1 is 0.862 bits per heavy atom. The maximum absolute atomic E-state index is 12.9. The molecule has 0 radical (unpaired) electrons. The molecule has 1 unspecified atom stereocenters. The summed E-state index contributed by atoms with van der Waals surface area (Å²) in [5, 5.41) is 0. The van der Waals surface area contributed by atoms with E-state index in [0.717, 1.165) is 5.69 Å². The Bertz CT molecular complexity index is 987. The number of piperazine rings is 1. The van der Waals surface area contributed by atoms with Crippen LogP contribution in [0.25, 0.3) is 0 Å². The molecule has 2 aromatic carbocycles. The van der Waals surface area contributed by atoms with Gasteiger partial charge in [0.25, 0.3) is 0 Å². The third-order valence-electron chi connectivity index (χ3n) is 5.47. The molecule has 2 amide bonds. The van der Waals surface area contributed by atoms with Gasteiger partial charge in [0, 0.05) is 44.8 Å². The molecule has 29 heavy (non-hydrogen) atoms. The second kappa shape index (κ2) is 7.96. The Morgan fingerprint density at radius 3 is 2.07 bits per heavy atom. The van der Waals surface area contributed by atoms with E-state index < -0.39 is 10.0 Å². The first-order valence-corrected chi connectivity index (χ1v) is 11.1. The van der Waals surface area contributed by atoms with Crippen molar-refractivity contribution in [3.05, 3.63) is 60.7 Å². The molecule has 0 bridgehead atoms.